The summed E-state index contributed by atoms with van der Waals surface area (Å²) in [5.41, 5.74) is 9.19. The lowest BCUT2D eigenvalue weighted by atomic mass is 10.1. The van der Waals surface area contributed by atoms with E-state index in [9.17, 15) is 9.18 Å². The lowest BCUT2D eigenvalue weighted by Gasteiger charge is -2.21. The smallest absolute Gasteiger partial charge is 0.210 e. The Bertz CT molecular complexity index is 680. The van der Waals surface area contributed by atoms with Crippen LogP contribution in [-0.2, 0) is 17.8 Å². The molecule has 0 saturated heterocycles. The van der Waals surface area contributed by atoms with Crippen molar-refractivity contribution in [2.24, 2.45) is 0 Å². The molecule has 1 aromatic carbocycles. The number of anilines is 1. The SMILES string of the molecule is Cc1cc(-n2nc3c(c2N)CN(C=O)CC3)ccc1F. The topological polar surface area (TPSA) is 64.2 Å². The van der Waals surface area contributed by atoms with Gasteiger partial charge in [-0.3, -0.25) is 4.79 Å². The number of carbonyl (C=O) groups excluding carboxylic acids is 1. The third-order valence-electron chi connectivity index (χ3n) is 3.64. The van der Waals surface area contributed by atoms with Crippen molar-refractivity contribution in [1.29, 1.82) is 0 Å². The maximum Gasteiger partial charge on any atom is 0.210 e. The van der Waals surface area contributed by atoms with Gasteiger partial charge in [0.25, 0.3) is 0 Å². The Kier molecular flexibility index (Phi) is 2.93. The lowest BCUT2D eigenvalue weighted by molar-refractivity contribution is -0.118. The number of halogens is 1. The molecule has 2 heterocycles. The minimum atomic E-state index is -0.253. The monoisotopic (exact) mass is 274 g/mol. The number of amides is 1. The van der Waals surface area contributed by atoms with Crippen LogP contribution in [0.1, 0.15) is 16.8 Å². The van der Waals surface area contributed by atoms with E-state index in [1.165, 1.54) is 6.07 Å². The Morgan fingerprint density at radius 1 is 1.45 bits per heavy atom. The lowest BCUT2D eigenvalue weighted by Crippen LogP contribution is -2.29. The van der Waals surface area contributed by atoms with E-state index in [0.717, 1.165) is 23.4 Å². The van der Waals surface area contributed by atoms with Gasteiger partial charge in [0.2, 0.25) is 6.41 Å². The van der Waals surface area contributed by atoms with Crippen molar-refractivity contribution in [1.82, 2.24) is 14.7 Å². The zero-order valence-electron chi connectivity index (χ0n) is 11.1. The minimum Gasteiger partial charge on any atom is -0.383 e. The van der Waals surface area contributed by atoms with Crippen molar-refractivity contribution in [3.8, 4) is 5.69 Å². The van der Waals surface area contributed by atoms with Crippen LogP contribution in [0.5, 0.6) is 0 Å². The fourth-order valence-electron chi connectivity index (χ4n) is 2.46. The molecule has 2 N–H and O–H groups in total. The Morgan fingerprint density at radius 3 is 2.95 bits per heavy atom. The normalized spacial score (nSPS) is 14.2. The highest BCUT2D eigenvalue weighted by molar-refractivity contribution is 5.55. The Morgan fingerprint density at radius 2 is 2.25 bits per heavy atom. The average Bonchev–Trinajstić information content (AvgIpc) is 2.79. The summed E-state index contributed by atoms with van der Waals surface area (Å²) in [4.78, 5) is 12.5. The van der Waals surface area contributed by atoms with Crippen LogP contribution in [0.25, 0.3) is 5.69 Å². The van der Waals surface area contributed by atoms with Crippen LogP contribution >= 0.6 is 0 Å². The van der Waals surface area contributed by atoms with Gasteiger partial charge in [-0.25, -0.2) is 9.07 Å². The van der Waals surface area contributed by atoms with Gasteiger partial charge < -0.3 is 10.6 Å². The molecule has 0 unspecified atom stereocenters. The molecule has 1 amide bonds. The maximum atomic E-state index is 13.3. The number of hydrogen-bond donors (Lipinski definition) is 1. The molecule has 0 radical (unpaired) electrons. The molecule has 20 heavy (non-hydrogen) atoms. The zero-order chi connectivity index (χ0) is 14.3. The van der Waals surface area contributed by atoms with Gasteiger partial charge in [0.15, 0.2) is 0 Å². The third kappa shape index (κ3) is 1.93. The molecular formula is C14H15FN4O. The Labute approximate surface area is 115 Å². The molecule has 0 atom stereocenters. The number of hydrogen-bond acceptors (Lipinski definition) is 3. The summed E-state index contributed by atoms with van der Waals surface area (Å²) in [6.45, 7) is 2.83. The number of benzene rings is 1. The fourth-order valence-corrected chi connectivity index (χ4v) is 2.46. The quantitative estimate of drug-likeness (QED) is 0.842. The van der Waals surface area contributed by atoms with Gasteiger partial charge in [0.05, 0.1) is 17.9 Å². The molecule has 3 rings (SSSR count). The molecule has 0 fully saturated rings. The van der Waals surface area contributed by atoms with Gasteiger partial charge in [-0.2, -0.15) is 5.10 Å². The molecule has 104 valence electrons. The molecule has 6 heteroatoms. The Balaban J connectivity index is 2.05. The molecule has 0 bridgehead atoms. The van der Waals surface area contributed by atoms with Crippen LogP contribution in [0, 0.1) is 12.7 Å². The van der Waals surface area contributed by atoms with Crippen molar-refractivity contribution in [2.45, 2.75) is 19.9 Å². The minimum absolute atomic E-state index is 0.253. The maximum absolute atomic E-state index is 13.3. The van der Waals surface area contributed by atoms with Gasteiger partial charge in [-0.15, -0.1) is 0 Å². The number of nitrogens with zero attached hydrogens (tertiary/aromatic N) is 3. The molecule has 0 aliphatic carbocycles. The first-order valence-electron chi connectivity index (χ1n) is 6.42. The largest absolute Gasteiger partial charge is 0.383 e. The first kappa shape index (κ1) is 12.7. The molecule has 0 saturated carbocycles. The highest BCUT2D eigenvalue weighted by Crippen LogP contribution is 2.26. The number of fused-ring (bicyclic) bond motifs is 1. The van der Waals surface area contributed by atoms with E-state index >= 15 is 0 Å². The second-order valence-electron chi connectivity index (χ2n) is 4.98. The number of rotatable bonds is 2. The first-order chi connectivity index (χ1) is 9.60. The summed E-state index contributed by atoms with van der Waals surface area (Å²) in [7, 11) is 0. The first-order valence-corrected chi connectivity index (χ1v) is 6.42. The highest BCUT2D eigenvalue weighted by atomic mass is 19.1. The Hall–Kier alpha value is -2.37. The number of aryl methyl sites for hydroxylation is 1. The van der Waals surface area contributed by atoms with Gasteiger partial charge in [0.1, 0.15) is 11.6 Å². The number of carbonyl (C=O) groups is 1. The zero-order valence-corrected chi connectivity index (χ0v) is 11.1. The van der Waals surface area contributed by atoms with Crippen LogP contribution in [-0.4, -0.2) is 27.6 Å². The number of nitrogen functional groups attached to an aromatic ring is 1. The fraction of sp³-hybridized carbons (Fsp3) is 0.286. The van der Waals surface area contributed by atoms with Crippen molar-refractivity contribution >= 4 is 12.2 Å². The predicted molar refractivity (Wildman–Crippen MR) is 72.8 cm³/mol. The molecule has 1 aliphatic heterocycles. The second kappa shape index (κ2) is 4.63. The second-order valence-corrected chi connectivity index (χ2v) is 4.98. The van der Waals surface area contributed by atoms with Gasteiger partial charge in [-0.1, -0.05) is 0 Å². The van der Waals surface area contributed by atoms with E-state index in [1.807, 2.05) is 0 Å². The van der Waals surface area contributed by atoms with Crippen LogP contribution < -0.4 is 5.73 Å². The van der Waals surface area contributed by atoms with Crippen molar-refractivity contribution < 1.29 is 9.18 Å². The molecule has 5 nitrogen and oxygen atoms in total. The van der Waals surface area contributed by atoms with Crippen LogP contribution in [0.15, 0.2) is 18.2 Å². The standard InChI is InChI=1S/C14H15FN4O/c1-9-6-10(2-3-12(9)15)19-14(16)11-7-18(8-20)5-4-13(11)17-19/h2-3,6,8H,4-5,7,16H2,1H3. The molecule has 2 aromatic rings. The third-order valence-corrected chi connectivity index (χ3v) is 3.64. The summed E-state index contributed by atoms with van der Waals surface area (Å²) in [6, 6.07) is 4.76. The number of aromatic nitrogens is 2. The van der Waals surface area contributed by atoms with Gasteiger partial charge in [0, 0.05) is 18.5 Å². The predicted octanol–water partition coefficient (Wildman–Crippen LogP) is 1.42. The molecule has 1 aliphatic rings. The van der Waals surface area contributed by atoms with Crippen molar-refractivity contribution in [2.75, 3.05) is 12.3 Å². The van der Waals surface area contributed by atoms with Gasteiger partial charge >= 0.3 is 0 Å². The highest BCUT2D eigenvalue weighted by Gasteiger charge is 2.23. The average molecular weight is 274 g/mol. The van der Waals surface area contributed by atoms with Crippen molar-refractivity contribution in [3.05, 3.63) is 40.8 Å². The summed E-state index contributed by atoms with van der Waals surface area (Å²) >= 11 is 0. The van der Waals surface area contributed by atoms with Crippen LogP contribution in [0.4, 0.5) is 10.2 Å². The van der Waals surface area contributed by atoms with E-state index in [4.69, 9.17) is 5.73 Å². The summed E-state index contributed by atoms with van der Waals surface area (Å²) in [6.07, 6.45) is 1.51. The summed E-state index contributed by atoms with van der Waals surface area (Å²) in [5, 5.41) is 4.49. The van der Waals surface area contributed by atoms with Gasteiger partial charge in [-0.05, 0) is 30.7 Å². The van der Waals surface area contributed by atoms with E-state index in [2.05, 4.69) is 5.10 Å². The van der Waals surface area contributed by atoms with Crippen LogP contribution in [0.2, 0.25) is 0 Å². The molecule has 1 aromatic heterocycles. The molecular weight excluding hydrogens is 259 g/mol. The van der Waals surface area contributed by atoms with E-state index in [1.54, 1.807) is 28.6 Å². The van der Waals surface area contributed by atoms with E-state index in [0.29, 0.717) is 30.9 Å². The van der Waals surface area contributed by atoms with Crippen LogP contribution in [0.3, 0.4) is 0 Å². The number of nitrogens with two attached hydrogens (primary N) is 1. The summed E-state index contributed by atoms with van der Waals surface area (Å²) < 4.78 is 14.9. The molecule has 0 spiro atoms. The summed E-state index contributed by atoms with van der Waals surface area (Å²) in [5.74, 6) is 0.258. The van der Waals surface area contributed by atoms with E-state index in [-0.39, 0.29) is 5.82 Å². The van der Waals surface area contributed by atoms with Crippen molar-refractivity contribution in [3.63, 3.8) is 0 Å². The van der Waals surface area contributed by atoms with E-state index < -0.39 is 0 Å².